The number of ether oxygens (including phenoxy) is 1. The Labute approximate surface area is 163 Å². The lowest BCUT2D eigenvalue weighted by Crippen LogP contribution is -2.42. The first-order chi connectivity index (χ1) is 13.4. The molecule has 7 nitrogen and oxygen atoms in total. The van der Waals surface area contributed by atoms with Gasteiger partial charge >= 0.3 is 0 Å². The summed E-state index contributed by atoms with van der Waals surface area (Å²) >= 11 is 0. The Balaban J connectivity index is 1.46. The fourth-order valence-electron chi connectivity index (χ4n) is 3.43. The number of hydrogen-bond acceptors (Lipinski definition) is 5. The lowest BCUT2D eigenvalue weighted by Gasteiger charge is -2.37. The smallest absolute Gasteiger partial charge is 0.244 e. The van der Waals surface area contributed by atoms with E-state index in [4.69, 9.17) is 4.74 Å². The molecule has 3 aromatic rings. The monoisotopic (exact) mass is 377 g/mol. The third-order valence-electron chi connectivity index (χ3n) is 4.76. The molecular formula is C21H23N5O2. The fourth-order valence-corrected chi connectivity index (χ4v) is 3.43. The van der Waals surface area contributed by atoms with Gasteiger partial charge in [-0.1, -0.05) is 48.0 Å². The van der Waals surface area contributed by atoms with Gasteiger partial charge in [-0.2, -0.15) is 4.80 Å². The van der Waals surface area contributed by atoms with Crippen LogP contribution in [0.3, 0.4) is 0 Å². The van der Waals surface area contributed by atoms with Crippen LogP contribution in [0, 0.1) is 6.92 Å². The molecule has 1 N–H and O–H groups in total. The van der Waals surface area contributed by atoms with Crippen molar-refractivity contribution in [1.29, 1.82) is 0 Å². The summed E-state index contributed by atoms with van der Waals surface area (Å²) in [5.74, 6) is 1.15. The Morgan fingerprint density at radius 1 is 1.21 bits per heavy atom. The number of nitrogens with one attached hydrogen (secondary N) is 1. The summed E-state index contributed by atoms with van der Waals surface area (Å²) in [4.78, 5) is 13.9. The molecule has 1 atom stereocenters. The van der Waals surface area contributed by atoms with Crippen molar-refractivity contribution < 1.29 is 9.53 Å². The van der Waals surface area contributed by atoms with Gasteiger partial charge in [0.1, 0.15) is 17.9 Å². The first-order valence-corrected chi connectivity index (χ1v) is 9.32. The van der Waals surface area contributed by atoms with E-state index in [1.807, 2.05) is 69.3 Å². The summed E-state index contributed by atoms with van der Waals surface area (Å²) in [5, 5.41) is 15.5. The lowest BCUT2D eigenvalue weighted by molar-refractivity contribution is -0.123. The van der Waals surface area contributed by atoms with Crippen molar-refractivity contribution in [3.63, 3.8) is 0 Å². The second-order valence-electron chi connectivity index (χ2n) is 7.73. The molecule has 0 saturated carbocycles. The number of aryl methyl sites for hydroxylation is 1. The normalized spacial score (nSPS) is 17.5. The number of nitrogens with zero attached hydrogens (tertiary/aromatic N) is 4. The van der Waals surface area contributed by atoms with E-state index < -0.39 is 0 Å². The van der Waals surface area contributed by atoms with Crippen LogP contribution in [0.25, 0.3) is 11.4 Å². The highest BCUT2D eigenvalue weighted by Gasteiger charge is 2.34. The molecule has 1 aromatic heterocycles. The van der Waals surface area contributed by atoms with Gasteiger partial charge in [0.25, 0.3) is 0 Å². The zero-order valence-electron chi connectivity index (χ0n) is 16.2. The van der Waals surface area contributed by atoms with E-state index in [0.717, 1.165) is 22.4 Å². The number of fused-ring (bicyclic) bond motifs is 1. The molecule has 0 spiro atoms. The molecule has 144 valence electrons. The molecule has 1 aliphatic rings. The second-order valence-corrected chi connectivity index (χ2v) is 7.73. The van der Waals surface area contributed by atoms with Crippen LogP contribution in [0.5, 0.6) is 5.75 Å². The topological polar surface area (TPSA) is 81.9 Å². The van der Waals surface area contributed by atoms with E-state index in [0.29, 0.717) is 12.2 Å². The molecule has 0 aliphatic carbocycles. The zero-order chi connectivity index (χ0) is 19.7. The number of tetrazole rings is 1. The third-order valence-corrected chi connectivity index (χ3v) is 4.76. The summed E-state index contributed by atoms with van der Waals surface area (Å²) in [6, 6.07) is 15.6. The number of para-hydroxylation sites is 1. The molecule has 1 amide bonds. The van der Waals surface area contributed by atoms with Gasteiger partial charge in [0.15, 0.2) is 0 Å². The summed E-state index contributed by atoms with van der Waals surface area (Å²) in [6.45, 7) is 6.08. The van der Waals surface area contributed by atoms with Crippen molar-refractivity contribution in [2.45, 2.75) is 45.4 Å². The number of hydrogen-bond donors (Lipinski definition) is 1. The number of amides is 1. The van der Waals surface area contributed by atoms with Crippen LogP contribution in [0.1, 0.15) is 37.4 Å². The van der Waals surface area contributed by atoms with Crippen molar-refractivity contribution >= 4 is 5.91 Å². The number of rotatable bonds is 4. The van der Waals surface area contributed by atoms with E-state index in [1.54, 1.807) is 0 Å². The maximum absolute atomic E-state index is 12.6. The number of benzene rings is 2. The molecule has 0 radical (unpaired) electrons. The predicted octanol–water partition coefficient (Wildman–Crippen LogP) is 3.07. The molecule has 7 heteroatoms. The SMILES string of the molecule is Cc1ccc(-c2nnn(CC(=O)N[C@H]3CC(C)(C)Oc4ccccc43)n2)cc1. The van der Waals surface area contributed by atoms with E-state index in [9.17, 15) is 4.79 Å². The Bertz CT molecular complexity index is 994. The van der Waals surface area contributed by atoms with Crippen molar-refractivity contribution in [2.24, 2.45) is 0 Å². The summed E-state index contributed by atoms with van der Waals surface area (Å²) < 4.78 is 6.02. The van der Waals surface area contributed by atoms with Crippen LogP contribution in [0.2, 0.25) is 0 Å². The van der Waals surface area contributed by atoms with Crippen LogP contribution < -0.4 is 10.1 Å². The zero-order valence-corrected chi connectivity index (χ0v) is 16.2. The molecule has 2 heterocycles. The Morgan fingerprint density at radius 2 is 1.96 bits per heavy atom. The highest BCUT2D eigenvalue weighted by Crippen LogP contribution is 2.39. The van der Waals surface area contributed by atoms with E-state index in [2.05, 4.69) is 20.7 Å². The maximum Gasteiger partial charge on any atom is 0.244 e. The molecular weight excluding hydrogens is 354 g/mol. The Morgan fingerprint density at radius 3 is 2.75 bits per heavy atom. The summed E-state index contributed by atoms with van der Waals surface area (Å²) in [7, 11) is 0. The largest absolute Gasteiger partial charge is 0.487 e. The number of carbonyl (C=O) groups excluding carboxylic acids is 1. The fraction of sp³-hybridized carbons (Fsp3) is 0.333. The van der Waals surface area contributed by atoms with Gasteiger partial charge in [0, 0.05) is 17.5 Å². The van der Waals surface area contributed by atoms with Gasteiger partial charge in [-0.3, -0.25) is 4.79 Å². The predicted molar refractivity (Wildman–Crippen MR) is 105 cm³/mol. The van der Waals surface area contributed by atoms with Crippen molar-refractivity contribution in [2.75, 3.05) is 0 Å². The molecule has 0 saturated heterocycles. The van der Waals surface area contributed by atoms with Crippen LogP contribution in [0.4, 0.5) is 0 Å². The van der Waals surface area contributed by atoms with Crippen LogP contribution in [-0.4, -0.2) is 31.7 Å². The first kappa shape index (κ1) is 18.2. The molecule has 28 heavy (non-hydrogen) atoms. The molecule has 0 fully saturated rings. The van der Waals surface area contributed by atoms with Gasteiger partial charge < -0.3 is 10.1 Å². The minimum atomic E-state index is -0.351. The molecule has 0 bridgehead atoms. The van der Waals surface area contributed by atoms with Crippen molar-refractivity contribution in [3.05, 3.63) is 59.7 Å². The number of aromatic nitrogens is 4. The van der Waals surface area contributed by atoms with E-state index in [-0.39, 0.29) is 24.1 Å². The van der Waals surface area contributed by atoms with Crippen LogP contribution in [0.15, 0.2) is 48.5 Å². The van der Waals surface area contributed by atoms with Gasteiger partial charge in [-0.15, -0.1) is 10.2 Å². The molecule has 4 rings (SSSR count). The second kappa shape index (κ2) is 7.07. The Hall–Kier alpha value is -3.22. The minimum absolute atomic E-state index is 0.0127. The third kappa shape index (κ3) is 3.88. The highest BCUT2D eigenvalue weighted by atomic mass is 16.5. The Kier molecular flexibility index (Phi) is 4.58. The van der Waals surface area contributed by atoms with Gasteiger partial charge in [0.2, 0.25) is 11.7 Å². The highest BCUT2D eigenvalue weighted by molar-refractivity contribution is 5.76. The molecule has 2 aromatic carbocycles. The first-order valence-electron chi connectivity index (χ1n) is 9.32. The van der Waals surface area contributed by atoms with Gasteiger partial charge in [0.05, 0.1) is 6.04 Å². The maximum atomic E-state index is 12.6. The standard InChI is InChI=1S/C21H23N5O2/c1-14-8-10-15(11-9-14)20-23-25-26(24-20)13-19(27)22-17-12-21(2,3)28-18-7-5-4-6-16(17)18/h4-11,17H,12-13H2,1-3H3,(H,22,27)/t17-/m0/s1. The summed E-state index contributed by atoms with van der Waals surface area (Å²) in [5.41, 5.74) is 2.67. The van der Waals surface area contributed by atoms with Gasteiger partial charge in [-0.05, 0) is 32.1 Å². The summed E-state index contributed by atoms with van der Waals surface area (Å²) in [6.07, 6.45) is 0.690. The van der Waals surface area contributed by atoms with Gasteiger partial charge in [-0.25, -0.2) is 0 Å². The quantitative estimate of drug-likeness (QED) is 0.756. The lowest BCUT2D eigenvalue weighted by atomic mass is 9.89. The minimum Gasteiger partial charge on any atom is -0.487 e. The average molecular weight is 377 g/mol. The number of carbonyl (C=O) groups is 1. The molecule has 0 unspecified atom stereocenters. The average Bonchev–Trinajstić information content (AvgIpc) is 3.09. The van der Waals surface area contributed by atoms with Crippen LogP contribution >= 0.6 is 0 Å². The van der Waals surface area contributed by atoms with E-state index >= 15 is 0 Å². The van der Waals surface area contributed by atoms with Crippen molar-refractivity contribution in [3.8, 4) is 17.1 Å². The van der Waals surface area contributed by atoms with Crippen LogP contribution in [-0.2, 0) is 11.3 Å². The van der Waals surface area contributed by atoms with Crippen molar-refractivity contribution in [1.82, 2.24) is 25.5 Å². The van der Waals surface area contributed by atoms with E-state index in [1.165, 1.54) is 4.80 Å². The molecule has 1 aliphatic heterocycles.